The van der Waals surface area contributed by atoms with Crippen molar-refractivity contribution in [1.29, 1.82) is 0 Å². The molecule has 1 amide bonds. The van der Waals surface area contributed by atoms with E-state index >= 15 is 0 Å². The monoisotopic (exact) mass is 828 g/mol. The van der Waals surface area contributed by atoms with Gasteiger partial charge in [-0.25, -0.2) is 0 Å². The van der Waals surface area contributed by atoms with Crippen LogP contribution in [0.3, 0.4) is 0 Å². The van der Waals surface area contributed by atoms with Crippen molar-refractivity contribution >= 4 is 11.9 Å². The van der Waals surface area contributed by atoms with E-state index in [1.807, 2.05) is 36.5 Å². The number of hydrogen-bond donors (Lipinski definition) is 3. The Labute approximate surface area is 366 Å². The van der Waals surface area contributed by atoms with Crippen molar-refractivity contribution in [2.24, 2.45) is 0 Å². The van der Waals surface area contributed by atoms with Crippen LogP contribution in [0.4, 0.5) is 0 Å². The van der Waals surface area contributed by atoms with Crippen LogP contribution >= 0.6 is 0 Å². The Morgan fingerprint density at radius 1 is 0.508 bits per heavy atom. The fraction of sp³-hybridized carbons (Fsp3) is 0.811. The predicted octanol–water partition coefficient (Wildman–Crippen LogP) is 15.1. The van der Waals surface area contributed by atoms with Crippen LogP contribution in [0.25, 0.3) is 0 Å². The van der Waals surface area contributed by atoms with Gasteiger partial charge in [0.15, 0.2) is 0 Å². The molecular weight excluding hydrogens is 731 g/mol. The molecule has 0 saturated carbocycles. The molecule has 0 aromatic carbocycles. The Hall–Kier alpha value is -2.18. The molecule has 344 valence electrons. The smallest absolute Gasteiger partial charge is 0.306 e. The van der Waals surface area contributed by atoms with Gasteiger partial charge in [0.1, 0.15) is 6.10 Å². The minimum Gasteiger partial charge on any atom is -0.462 e. The molecule has 6 nitrogen and oxygen atoms in total. The third-order valence-electron chi connectivity index (χ3n) is 11.5. The van der Waals surface area contributed by atoms with Crippen molar-refractivity contribution in [1.82, 2.24) is 5.32 Å². The summed E-state index contributed by atoms with van der Waals surface area (Å²) in [7, 11) is 0. The highest BCUT2D eigenvalue weighted by molar-refractivity contribution is 5.77. The van der Waals surface area contributed by atoms with E-state index in [0.717, 1.165) is 57.8 Å². The molecule has 0 aromatic rings. The summed E-state index contributed by atoms with van der Waals surface area (Å²) in [5, 5.41) is 23.7. The van der Waals surface area contributed by atoms with E-state index in [1.54, 1.807) is 0 Å². The van der Waals surface area contributed by atoms with Gasteiger partial charge in [-0.15, -0.1) is 0 Å². The van der Waals surface area contributed by atoms with Crippen LogP contribution in [0.15, 0.2) is 48.6 Å². The molecular formula is C53H97NO5. The number of rotatable bonds is 45. The number of hydrogen-bond acceptors (Lipinski definition) is 5. The topological polar surface area (TPSA) is 95.9 Å². The second kappa shape index (κ2) is 46.9. The lowest BCUT2D eigenvalue weighted by Crippen LogP contribution is -2.46. The Kier molecular flexibility index (Phi) is 45.1. The Bertz CT molecular complexity index is 1020. The second-order valence-corrected chi connectivity index (χ2v) is 17.3. The zero-order valence-electron chi connectivity index (χ0n) is 39.1. The molecule has 0 saturated heterocycles. The molecule has 0 aliphatic rings. The van der Waals surface area contributed by atoms with Crippen LogP contribution in [0, 0.1) is 0 Å². The average molecular weight is 828 g/mol. The van der Waals surface area contributed by atoms with Gasteiger partial charge in [-0.3, -0.25) is 9.59 Å². The van der Waals surface area contributed by atoms with Crippen LogP contribution in [0.5, 0.6) is 0 Å². The minimum atomic E-state index is -0.803. The molecule has 6 heteroatoms. The number of nitrogens with one attached hydrogen (secondary N) is 1. The minimum absolute atomic E-state index is 0.0339. The lowest BCUT2D eigenvalue weighted by atomic mass is 10.0. The van der Waals surface area contributed by atoms with Crippen molar-refractivity contribution in [3.63, 3.8) is 0 Å². The molecule has 59 heavy (non-hydrogen) atoms. The average Bonchev–Trinajstić information content (AvgIpc) is 3.23. The van der Waals surface area contributed by atoms with Gasteiger partial charge in [-0.1, -0.05) is 249 Å². The lowest BCUT2D eigenvalue weighted by Gasteiger charge is -2.24. The van der Waals surface area contributed by atoms with Crippen LogP contribution in [0.1, 0.15) is 252 Å². The molecule has 3 unspecified atom stereocenters. The van der Waals surface area contributed by atoms with E-state index in [2.05, 4.69) is 38.2 Å². The summed E-state index contributed by atoms with van der Waals surface area (Å²) in [5.74, 6) is -0.536. The summed E-state index contributed by atoms with van der Waals surface area (Å²) in [6.45, 7) is 6.33. The molecule has 0 spiro atoms. The first kappa shape index (κ1) is 56.8. The maximum absolute atomic E-state index is 13.2. The first-order chi connectivity index (χ1) is 29.0. The summed E-state index contributed by atoms with van der Waals surface area (Å²) < 4.78 is 5.88. The third kappa shape index (κ3) is 42.3. The second-order valence-electron chi connectivity index (χ2n) is 17.3. The molecule has 0 bridgehead atoms. The van der Waals surface area contributed by atoms with Crippen LogP contribution in [-0.2, 0) is 14.3 Å². The molecule has 0 heterocycles. The predicted molar refractivity (Wildman–Crippen MR) is 255 cm³/mol. The Balaban J connectivity index is 4.52. The number of aliphatic hydroxyl groups is 2. The number of allylic oxidation sites excluding steroid dienone is 8. The Morgan fingerprint density at radius 2 is 0.915 bits per heavy atom. The first-order valence-electron chi connectivity index (χ1n) is 25.4. The number of carbonyl (C=O) groups excluding carboxylic acids is 2. The van der Waals surface area contributed by atoms with E-state index in [1.165, 1.54) is 148 Å². The summed E-state index contributed by atoms with van der Waals surface area (Å²) in [5.41, 5.74) is 0. The van der Waals surface area contributed by atoms with Gasteiger partial charge >= 0.3 is 5.97 Å². The molecule has 3 N–H and O–H groups in total. The molecule has 0 aliphatic heterocycles. The number of amides is 1. The highest BCUT2D eigenvalue weighted by Crippen LogP contribution is 2.18. The maximum atomic E-state index is 13.2. The van der Waals surface area contributed by atoms with Gasteiger partial charge in [-0.05, 0) is 38.5 Å². The van der Waals surface area contributed by atoms with Gasteiger partial charge in [0.2, 0.25) is 5.91 Å². The van der Waals surface area contributed by atoms with E-state index in [0.29, 0.717) is 19.3 Å². The normalized spacial score (nSPS) is 13.6. The van der Waals surface area contributed by atoms with Crippen molar-refractivity contribution in [3.8, 4) is 0 Å². The first-order valence-corrected chi connectivity index (χ1v) is 25.4. The fourth-order valence-electron chi connectivity index (χ4n) is 7.68. The van der Waals surface area contributed by atoms with Crippen LogP contribution in [-0.4, -0.2) is 46.9 Å². The highest BCUT2D eigenvalue weighted by atomic mass is 16.5. The SMILES string of the molecule is CC/C=C/C=C/C=C\C=C/CCCC(CC(=O)NC(CO)C(O)CCCCCCCCCCCCCCCCCCC)OC(=O)CCCCCCCCCCCCCC. The van der Waals surface area contributed by atoms with E-state index in [-0.39, 0.29) is 24.9 Å². The van der Waals surface area contributed by atoms with Gasteiger partial charge in [-0.2, -0.15) is 0 Å². The van der Waals surface area contributed by atoms with Gasteiger partial charge in [0.25, 0.3) is 0 Å². The third-order valence-corrected chi connectivity index (χ3v) is 11.5. The summed E-state index contributed by atoms with van der Waals surface area (Å²) in [6, 6.07) is -0.720. The Morgan fingerprint density at radius 3 is 1.36 bits per heavy atom. The number of esters is 1. The number of unbranched alkanes of at least 4 members (excludes halogenated alkanes) is 28. The van der Waals surface area contributed by atoms with Gasteiger partial charge in [0.05, 0.1) is 25.2 Å². The maximum Gasteiger partial charge on any atom is 0.306 e. The van der Waals surface area contributed by atoms with Crippen molar-refractivity contribution in [2.45, 2.75) is 270 Å². The number of aliphatic hydroxyl groups excluding tert-OH is 2. The standard InChI is InChI=1S/C53H97NO5/c1-4-7-10-13-16-19-22-24-25-26-27-28-30-33-36-39-42-45-51(56)50(48-55)54-52(57)47-49(44-41-38-35-32-29-21-18-15-12-9-6-3)59-53(58)46-43-40-37-34-31-23-20-17-14-11-8-5-2/h9,12,15,18,21,29,32,35,49-51,55-56H,4-8,10-11,13-14,16-17,19-20,22-28,30-31,33-34,36-48H2,1-3H3,(H,54,57)/b12-9+,18-15+,29-21-,35-32-. The zero-order valence-corrected chi connectivity index (χ0v) is 39.1. The molecule has 0 aliphatic carbocycles. The fourth-order valence-corrected chi connectivity index (χ4v) is 7.68. The largest absolute Gasteiger partial charge is 0.462 e. The molecule has 0 radical (unpaired) electrons. The number of carbonyl (C=O) groups is 2. The van der Waals surface area contributed by atoms with E-state index < -0.39 is 18.2 Å². The zero-order chi connectivity index (χ0) is 43.1. The summed E-state index contributed by atoms with van der Waals surface area (Å²) in [6.07, 6.45) is 56.1. The summed E-state index contributed by atoms with van der Waals surface area (Å²) >= 11 is 0. The molecule has 0 aromatic heterocycles. The lowest BCUT2D eigenvalue weighted by molar-refractivity contribution is -0.151. The van der Waals surface area contributed by atoms with Crippen LogP contribution < -0.4 is 5.32 Å². The highest BCUT2D eigenvalue weighted by Gasteiger charge is 2.24. The van der Waals surface area contributed by atoms with Crippen molar-refractivity contribution in [3.05, 3.63) is 48.6 Å². The van der Waals surface area contributed by atoms with Crippen molar-refractivity contribution < 1.29 is 24.5 Å². The van der Waals surface area contributed by atoms with Crippen LogP contribution in [0.2, 0.25) is 0 Å². The number of ether oxygens (including phenoxy) is 1. The van der Waals surface area contributed by atoms with Gasteiger partial charge in [0, 0.05) is 6.42 Å². The molecule has 0 rings (SSSR count). The molecule has 3 atom stereocenters. The summed E-state index contributed by atoms with van der Waals surface area (Å²) in [4.78, 5) is 26.0. The van der Waals surface area contributed by atoms with E-state index in [4.69, 9.17) is 4.74 Å². The quantitative estimate of drug-likeness (QED) is 0.0323. The van der Waals surface area contributed by atoms with E-state index in [9.17, 15) is 19.8 Å². The van der Waals surface area contributed by atoms with Crippen molar-refractivity contribution in [2.75, 3.05) is 6.61 Å². The van der Waals surface area contributed by atoms with Gasteiger partial charge < -0.3 is 20.3 Å². The molecule has 0 fully saturated rings.